The van der Waals surface area contributed by atoms with Crippen molar-refractivity contribution in [1.29, 1.82) is 0 Å². The van der Waals surface area contributed by atoms with Crippen molar-refractivity contribution < 1.29 is 4.79 Å². The fourth-order valence-corrected chi connectivity index (χ4v) is 2.51. The topological polar surface area (TPSA) is 20.3 Å². The Bertz CT molecular complexity index is 616. The summed E-state index contributed by atoms with van der Waals surface area (Å²) in [4.78, 5) is 14.0. The SMILES string of the molecule is O=C1CC/C(=C\c2ccccc2)N1Cc1ccccc1. The maximum absolute atomic E-state index is 12.1. The predicted octanol–water partition coefficient (Wildman–Crippen LogP) is 3.85. The zero-order chi connectivity index (χ0) is 13.8. The van der Waals surface area contributed by atoms with Crippen LogP contribution in [0.25, 0.3) is 6.08 Å². The first kappa shape index (κ1) is 12.7. The highest BCUT2D eigenvalue weighted by molar-refractivity contribution is 5.83. The molecule has 0 bridgehead atoms. The molecule has 0 aliphatic carbocycles. The van der Waals surface area contributed by atoms with E-state index in [1.54, 1.807) is 0 Å². The van der Waals surface area contributed by atoms with E-state index in [-0.39, 0.29) is 5.91 Å². The first-order valence-corrected chi connectivity index (χ1v) is 6.93. The standard InChI is InChI=1S/C18H17NO/c20-18-12-11-17(13-15-7-3-1-4-8-15)19(18)14-16-9-5-2-6-10-16/h1-10,13H,11-12,14H2/b17-13+. The van der Waals surface area contributed by atoms with Crippen molar-refractivity contribution in [2.75, 3.05) is 0 Å². The molecule has 2 aromatic carbocycles. The maximum Gasteiger partial charge on any atom is 0.227 e. The first-order valence-electron chi connectivity index (χ1n) is 6.93. The fraction of sp³-hybridized carbons (Fsp3) is 0.167. The van der Waals surface area contributed by atoms with Gasteiger partial charge >= 0.3 is 0 Å². The van der Waals surface area contributed by atoms with E-state index in [0.29, 0.717) is 13.0 Å². The minimum Gasteiger partial charge on any atom is -0.312 e. The minimum atomic E-state index is 0.219. The molecule has 0 saturated carbocycles. The number of rotatable bonds is 3. The van der Waals surface area contributed by atoms with Crippen LogP contribution in [-0.2, 0) is 11.3 Å². The Balaban J connectivity index is 1.84. The van der Waals surface area contributed by atoms with Crippen LogP contribution in [0.2, 0.25) is 0 Å². The predicted molar refractivity (Wildman–Crippen MR) is 80.6 cm³/mol. The van der Waals surface area contributed by atoms with E-state index >= 15 is 0 Å². The Hall–Kier alpha value is -2.35. The van der Waals surface area contributed by atoms with Crippen molar-refractivity contribution in [3.8, 4) is 0 Å². The van der Waals surface area contributed by atoms with Crippen molar-refractivity contribution in [3.05, 3.63) is 77.5 Å². The Morgan fingerprint density at radius 3 is 2.25 bits per heavy atom. The summed E-state index contributed by atoms with van der Waals surface area (Å²) < 4.78 is 0. The molecule has 20 heavy (non-hydrogen) atoms. The molecular weight excluding hydrogens is 246 g/mol. The van der Waals surface area contributed by atoms with Crippen LogP contribution in [0, 0.1) is 0 Å². The molecule has 1 fully saturated rings. The number of carbonyl (C=O) groups excluding carboxylic acids is 1. The summed E-state index contributed by atoms with van der Waals surface area (Å²) in [7, 11) is 0. The lowest BCUT2D eigenvalue weighted by Crippen LogP contribution is -2.22. The molecule has 1 heterocycles. The summed E-state index contributed by atoms with van der Waals surface area (Å²) >= 11 is 0. The fourth-order valence-electron chi connectivity index (χ4n) is 2.51. The summed E-state index contributed by atoms with van der Waals surface area (Å²) in [6.45, 7) is 0.665. The van der Waals surface area contributed by atoms with E-state index in [9.17, 15) is 4.79 Å². The zero-order valence-corrected chi connectivity index (χ0v) is 11.3. The van der Waals surface area contributed by atoms with Crippen LogP contribution >= 0.6 is 0 Å². The van der Waals surface area contributed by atoms with E-state index in [0.717, 1.165) is 17.7 Å². The van der Waals surface area contributed by atoms with Crippen LogP contribution < -0.4 is 0 Å². The Kier molecular flexibility index (Phi) is 3.64. The van der Waals surface area contributed by atoms with Crippen molar-refractivity contribution in [2.45, 2.75) is 19.4 Å². The number of hydrogen-bond donors (Lipinski definition) is 0. The summed E-state index contributed by atoms with van der Waals surface area (Å²) in [6.07, 6.45) is 3.57. The summed E-state index contributed by atoms with van der Waals surface area (Å²) in [5, 5.41) is 0. The van der Waals surface area contributed by atoms with E-state index in [1.807, 2.05) is 41.3 Å². The summed E-state index contributed by atoms with van der Waals surface area (Å²) in [5.74, 6) is 0.219. The molecule has 1 aliphatic heterocycles. The molecule has 2 aromatic rings. The van der Waals surface area contributed by atoms with Gasteiger partial charge in [0.25, 0.3) is 0 Å². The number of carbonyl (C=O) groups is 1. The summed E-state index contributed by atoms with van der Waals surface area (Å²) in [5.41, 5.74) is 3.43. The molecule has 2 heteroatoms. The number of nitrogens with zero attached hydrogens (tertiary/aromatic N) is 1. The van der Waals surface area contributed by atoms with E-state index in [2.05, 4.69) is 30.3 Å². The van der Waals surface area contributed by atoms with Crippen LogP contribution in [0.1, 0.15) is 24.0 Å². The van der Waals surface area contributed by atoms with E-state index in [4.69, 9.17) is 0 Å². The third kappa shape index (κ3) is 2.80. The second-order valence-electron chi connectivity index (χ2n) is 5.01. The van der Waals surface area contributed by atoms with Gasteiger partial charge in [-0.15, -0.1) is 0 Å². The Morgan fingerprint density at radius 2 is 1.55 bits per heavy atom. The number of likely N-dealkylation sites (tertiary alicyclic amines) is 1. The smallest absolute Gasteiger partial charge is 0.227 e. The normalized spacial score (nSPS) is 16.9. The first-order chi connectivity index (χ1) is 9.83. The Labute approximate surface area is 119 Å². The van der Waals surface area contributed by atoms with Gasteiger partial charge < -0.3 is 4.90 Å². The third-order valence-electron chi connectivity index (χ3n) is 3.56. The van der Waals surface area contributed by atoms with Gasteiger partial charge in [-0.2, -0.15) is 0 Å². The van der Waals surface area contributed by atoms with Gasteiger partial charge in [-0.3, -0.25) is 4.79 Å². The molecular formula is C18H17NO. The van der Waals surface area contributed by atoms with Crippen LogP contribution in [0.3, 0.4) is 0 Å². The lowest BCUT2D eigenvalue weighted by Gasteiger charge is -2.18. The molecule has 0 aromatic heterocycles. The second kappa shape index (κ2) is 5.74. The molecule has 0 N–H and O–H groups in total. The summed E-state index contributed by atoms with van der Waals surface area (Å²) in [6, 6.07) is 20.3. The average Bonchev–Trinajstić information content (AvgIpc) is 2.83. The molecule has 3 rings (SSSR count). The molecule has 1 saturated heterocycles. The molecule has 0 radical (unpaired) electrons. The van der Waals surface area contributed by atoms with Crippen LogP contribution in [0.5, 0.6) is 0 Å². The highest BCUT2D eigenvalue weighted by atomic mass is 16.2. The highest BCUT2D eigenvalue weighted by Gasteiger charge is 2.25. The lowest BCUT2D eigenvalue weighted by atomic mass is 10.1. The molecule has 2 nitrogen and oxygen atoms in total. The number of benzene rings is 2. The number of amides is 1. The van der Waals surface area contributed by atoms with E-state index in [1.165, 1.54) is 5.56 Å². The second-order valence-corrected chi connectivity index (χ2v) is 5.01. The van der Waals surface area contributed by atoms with Crippen molar-refractivity contribution in [3.63, 3.8) is 0 Å². The van der Waals surface area contributed by atoms with Gasteiger partial charge in [0.2, 0.25) is 5.91 Å². The minimum absolute atomic E-state index is 0.219. The van der Waals surface area contributed by atoms with Crippen LogP contribution in [0.15, 0.2) is 66.4 Å². The molecule has 0 unspecified atom stereocenters. The molecule has 1 amide bonds. The molecule has 1 aliphatic rings. The Morgan fingerprint density at radius 1 is 0.900 bits per heavy atom. The quantitative estimate of drug-likeness (QED) is 0.823. The molecule has 0 spiro atoms. The van der Waals surface area contributed by atoms with Gasteiger partial charge in [-0.05, 0) is 23.6 Å². The van der Waals surface area contributed by atoms with Crippen LogP contribution in [0.4, 0.5) is 0 Å². The van der Waals surface area contributed by atoms with Gasteiger partial charge in [0.15, 0.2) is 0 Å². The zero-order valence-electron chi connectivity index (χ0n) is 11.3. The van der Waals surface area contributed by atoms with Crippen molar-refractivity contribution in [1.82, 2.24) is 4.90 Å². The third-order valence-corrected chi connectivity index (χ3v) is 3.56. The maximum atomic E-state index is 12.1. The van der Waals surface area contributed by atoms with Crippen molar-refractivity contribution >= 4 is 12.0 Å². The number of allylic oxidation sites excluding steroid dienone is 1. The van der Waals surface area contributed by atoms with Gasteiger partial charge in [0.05, 0.1) is 6.54 Å². The van der Waals surface area contributed by atoms with Gasteiger partial charge in [0.1, 0.15) is 0 Å². The molecule has 100 valence electrons. The van der Waals surface area contributed by atoms with Gasteiger partial charge in [-0.1, -0.05) is 60.7 Å². The van der Waals surface area contributed by atoms with E-state index < -0.39 is 0 Å². The average molecular weight is 263 g/mol. The largest absolute Gasteiger partial charge is 0.312 e. The van der Waals surface area contributed by atoms with Crippen LogP contribution in [-0.4, -0.2) is 10.8 Å². The lowest BCUT2D eigenvalue weighted by molar-refractivity contribution is -0.127. The monoisotopic (exact) mass is 263 g/mol. The molecule has 0 atom stereocenters. The van der Waals surface area contributed by atoms with Gasteiger partial charge in [-0.25, -0.2) is 0 Å². The van der Waals surface area contributed by atoms with Crippen molar-refractivity contribution in [2.24, 2.45) is 0 Å². The number of hydrogen-bond acceptors (Lipinski definition) is 1. The highest BCUT2D eigenvalue weighted by Crippen LogP contribution is 2.26. The van der Waals surface area contributed by atoms with Gasteiger partial charge in [0, 0.05) is 12.1 Å².